The Balaban J connectivity index is 1.01. The number of fused-ring (bicyclic) bond motifs is 2. The molecule has 0 spiro atoms. The van der Waals surface area contributed by atoms with Crippen LogP contribution in [-0.2, 0) is 56.8 Å². The molecule has 2 aliphatic carbocycles. The smallest absolute Gasteiger partial charge is 0.0384 e. The number of rotatable bonds is 18. The second kappa shape index (κ2) is 18.5. The summed E-state index contributed by atoms with van der Waals surface area (Å²) < 4.78 is 0. The number of hydrogen-bond donors (Lipinski definition) is 1. The molecule has 0 saturated heterocycles. The standard InChI is InChI=1S/C60H63N/c1-4-60(3,5-2)57-31-27-49(28-32-57)54-40-55(50-29-33-59(34-30-50)61-58-17-7-6-8-18-58)42-56(41-54)53-38-45(15-11-9-13-43-19-21-47-23-25-51(47)36-43)35-46(39-53)16-12-10-14-44-20-22-48-24-26-52(48)37-44/h6-8,17-22,27-42,61H,4-5,9-16,23-26H2,1-3H3. The van der Waals surface area contributed by atoms with Crippen LogP contribution in [0.2, 0.25) is 0 Å². The van der Waals surface area contributed by atoms with Gasteiger partial charge in [0.15, 0.2) is 0 Å². The molecule has 7 aromatic rings. The van der Waals surface area contributed by atoms with Gasteiger partial charge in [0.2, 0.25) is 0 Å². The van der Waals surface area contributed by atoms with E-state index in [2.05, 4.69) is 178 Å². The maximum Gasteiger partial charge on any atom is 0.0384 e. The first kappa shape index (κ1) is 40.7. The van der Waals surface area contributed by atoms with Crippen molar-refractivity contribution in [2.75, 3.05) is 5.32 Å². The van der Waals surface area contributed by atoms with Crippen LogP contribution >= 0.6 is 0 Å². The van der Waals surface area contributed by atoms with E-state index in [4.69, 9.17) is 0 Å². The van der Waals surface area contributed by atoms with Crippen LogP contribution < -0.4 is 5.32 Å². The molecule has 0 unspecified atom stereocenters. The van der Waals surface area contributed by atoms with Crippen molar-refractivity contribution in [2.24, 2.45) is 0 Å². The van der Waals surface area contributed by atoms with E-state index >= 15 is 0 Å². The molecule has 0 radical (unpaired) electrons. The highest BCUT2D eigenvalue weighted by atomic mass is 14.9. The van der Waals surface area contributed by atoms with Gasteiger partial charge >= 0.3 is 0 Å². The molecular formula is C60H63N. The fourth-order valence-corrected chi connectivity index (χ4v) is 9.63. The monoisotopic (exact) mass is 797 g/mol. The largest absolute Gasteiger partial charge is 0.356 e. The van der Waals surface area contributed by atoms with Crippen LogP contribution in [-0.4, -0.2) is 0 Å². The third-order valence-electron chi connectivity index (χ3n) is 14.3. The van der Waals surface area contributed by atoms with Gasteiger partial charge in [-0.3, -0.25) is 0 Å². The molecule has 1 nitrogen and oxygen atoms in total. The Morgan fingerprint density at radius 1 is 0.377 bits per heavy atom. The molecule has 308 valence electrons. The Hall–Kier alpha value is -5.66. The number of anilines is 2. The molecule has 0 aromatic heterocycles. The molecule has 0 aliphatic heterocycles. The van der Waals surface area contributed by atoms with Gasteiger partial charge in [0, 0.05) is 11.4 Å². The molecule has 7 aromatic carbocycles. The summed E-state index contributed by atoms with van der Waals surface area (Å²) in [6, 6.07) is 58.1. The SMILES string of the molecule is CCC(C)(CC)c1ccc(-c2cc(-c3ccc(Nc4ccccc4)cc3)cc(-c3cc(CCCCc4ccc5c(c4)CC5)cc(CCCCc4ccc5c(c4)CC5)c3)c2)cc1. The molecule has 9 rings (SSSR count). The van der Waals surface area contributed by atoms with Gasteiger partial charge < -0.3 is 5.32 Å². The lowest BCUT2D eigenvalue weighted by Crippen LogP contribution is -2.19. The van der Waals surface area contributed by atoms with Crippen molar-refractivity contribution in [3.8, 4) is 33.4 Å². The molecule has 0 amide bonds. The number of para-hydroxylation sites is 1. The van der Waals surface area contributed by atoms with Gasteiger partial charge in [0.05, 0.1) is 0 Å². The minimum atomic E-state index is 0.196. The van der Waals surface area contributed by atoms with Crippen molar-refractivity contribution < 1.29 is 0 Å². The first-order valence-corrected chi connectivity index (χ1v) is 23.4. The molecule has 0 atom stereocenters. The van der Waals surface area contributed by atoms with Crippen molar-refractivity contribution in [1.29, 1.82) is 0 Å². The Labute approximate surface area is 366 Å². The summed E-state index contributed by atoms with van der Waals surface area (Å²) >= 11 is 0. The second-order valence-corrected chi connectivity index (χ2v) is 18.4. The third-order valence-corrected chi connectivity index (χ3v) is 14.3. The van der Waals surface area contributed by atoms with Crippen molar-refractivity contribution >= 4 is 11.4 Å². The minimum Gasteiger partial charge on any atom is -0.356 e. The topological polar surface area (TPSA) is 12.0 Å². The predicted octanol–water partition coefficient (Wildman–Crippen LogP) is 15.8. The summed E-state index contributed by atoms with van der Waals surface area (Å²) in [5.41, 5.74) is 23.7. The summed E-state index contributed by atoms with van der Waals surface area (Å²) in [5.74, 6) is 0. The maximum absolute atomic E-state index is 3.57. The van der Waals surface area contributed by atoms with Crippen molar-refractivity contribution in [2.45, 2.75) is 116 Å². The van der Waals surface area contributed by atoms with Gasteiger partial charge in [0.1, 0.15) is 0 Å². The minimum absolute atomic E-state index is 0.196. The second-order valence-electron chi connectivity index (χ2n) is 18.4. The molecule has 1 N–H and O–H groups in total. The fraction of sp³-hybridized carbons (Fsp3) is 0.300. The van der Waals surface area contributed by atoms with Gasteiger partial charge in [-0.15, -0.1) is 0 Å². The highest BCUT2D eigenvalue weighted by Gasteiger charge is 2.22. The molecular weight excluding hydrogens is 735 g/mol. The van der Waals surface area contributed by atoms with Gasteiger partial charge in [-0.2, -0.15) is 0 Å². The number of unbranched alkanes of at least 4 members (excludes halogenated alkanes) is 2. The van der Waals surface area contributed by atoms with Gasteiger partial charge in [-0.1, -0.05) is 130 Å². The molecule has 0 bridgehead atoms. The Bertz CT molecular complexity index is 2490. The molecule has 2 aliphatic rings. The third kappa shape index (κ3) is 9.63. The average Bonchev–Trinajstić information content (AvgIpc) is 3.28. The van der Waals surface area contributed by atoms with Crippen molar-refractivity contribution in [3.05, 3.63) is 202 Å². The van der Waals surface area contributed by atoms with Crippen LogP contribution in [0.25, 0.3) is 33.4 Å². The lowest BCUT2D eigenvalue weighted by molar-refractivity contribution is 0.439. The first-order chi connectivity index (χ1) is 29.9. The van der Waals surface area contributed by atoms with E-state index in [0.717, 1.165) is 37.1 Å². The van der Waals surface area contributed by atoms with Crippen molar-refractivity contribution in [1.82, 2.24) is 0 Å². The molecule has 0 heterocycles. The lowest BCUT2D eigenvalue weighted by Gasteiger charge is -2.27. The zero-order valence-corrected chi connectivity index (χ0v) is 36.8. The molecule has 0 fully saturated rings. The fourth-order valence-electron chi connectivity index (χ4n) is 9.63. The predicted molar refractivity (Wildman–Crippen MR) is 261 cm³/mol. The van der Waals surface area contributed by atoms with Crippen LogP contribution in [0.5, 0.6) is 0 Å². The summed E-state index contributed by atoms with van der Waals surface area (Å²) in [5, 5.41) is 3.57. The number of benzene rings is 7. The number of hydrogen-bond acceptors (Lipinski definition) is 1. The number of aryl methyl sites for hydroxylation is 8. The van der Waals surface area contributed by atoms with Gasteiger partial charge in [-0.25, -0.2) is 0 Å². The summed E-state index contributed by atoms with van der Waals surface area (Å²) in [7, 11) is 0. The Morgan fingerprint density at radius 3 is 1.26 bits per heavy atom. The van der Waals surface area contributed by atoms with Crippen LogP contribution in [0.15, 0.2) is 152 Å². The van der Waals surface area contributed by atoms with Crippen LogP contribution in [0.3, 0.4) is 0 Å². The van der Waals surface area contributed by atoms with Gasteiger partial charge in [-0.05, 0) is 221 Å². The van der Waals surface area contributed by atoms with Crippen LogP contribution in [0.4, 0.5) is 11.4 Å². The lowest BCUT2D eigenvalue weighted by atomic mass is 9.77. The number of nitrogens with one attached hydrogen (secondary N) is 1. The quantitative estimate of drug-likeness (QED) is 0.0853. The first-order valence-electron chi connectivity index (χ1n) is 23.4. The van der Waals surface area contributed by atoms with E-state index in [0.29, 0.717) is 0 Å². The summed E-state index contributed by atoms with van der Waals surface area (Å²) in [6.07, 6.45) is 16.7. The molecule has 61 heavy (non-hydrogen) atoms. The highest BCUT2D eigenvalue weighted by Crippen LogP contribution is 2.37. The molecule has 0 saturated carbocycles. The van der Waals surface area contributed by atoms with E-state index < -0.39 is 0 Å². The van der Waals surface area contributed by atoms with E-state index in [1.165, 1.54) is 125 Å². The highest BCUT2D eigenvalue weighted by molar-refractivity contribution is 5.82. The molecule has 1 heteroatoms. The zero-order chi connectivity index (χ0) is 41.6. The summed E-state index contributed by atoms with van der Waals surface area (Å²) in [4.78, 5) is 0. The Morgan fingerprint density at radius 2 is 0.803 bits per heavy atom. The average molecular weight is 798 g/mol. The normalized spacial score (nSPS) is 12.9. The zero-order valence-electron chi connectivity index (χ0n) is 36.8. The van der Waals surface area contributed by atoms with E-state index in [1.807, 2.05) is 0 Å². The Kier molecular flexibility index (Phi) is 12.4. The van der Waals surface area contributed by atoms with Crippen molar-refractivity contribution in [3.63, 3.8) is 0 Å². The van der Waals surface area contributed by atoms with Gasteiger partial charge in [0.25, 0.3) is 0 Å². The van der Waals surface area contributed by atoms with E-state index in [1.54, 1.807) is 22.3 Å². The van der Waals surface area contributed by atoms with Crippen LogP contribution in [0, 0.1) is 0 Å². The van der Waals surface area contributed by atoms with E-state index in [-0.39, 0.29) is 5.41 Å². The maximum atomic E-state index is 3.57. The summed E-state index contributed by atoms with van der Waals surface area (Å²) in [6.45, 7) is 7.03. The van der Waals surface area contributed by atoms with E-state index in [9.17, 15) is 0 Å². The van der Waals surface area contributed by atoms with Crippen LogP contribution in [0.1, 0.15) is 109 Å².